The van der Waals surface area contributed by atoms with Crippen molar-refractivity contribution >= 4 is 44.0 Å². The van der Waals surface area contributed by atoms with Crippen LogP contribution in [0.15, 0.2) is 33.5 Å². The predicted molar refractivity (Wildman–Crippen MR) is 87.2 cm³/mol. The van der Waals surface area contributed by atoms with Crippen LogP contribution in [0.25, 0.3) is 15.8 Å². The van der Waals surface area contributed by atoms with E-state index in [1.165, 1.54) is 21.2 Å². The zero-order chi connectivity index (χ0) is 13.7. The highest BCUT2D eigenvalue weighted by Crippen LogP contribution is 2.44. The van der Waals surface area contributed by atoms with Gasteiger partial charge in [0.1, 0.15) is 0 Å². The fourth-order valence-corrected chi connectivity index (χ4v) is 4.92. The molecule has 4 rings (SSSR count). The Morgan fingerprint density at radius 3 is 3.15 bits per heavy atom. The molecule has 0 aliphatic carbocycles. The van der Waals surface area contributed by atoms with Crippen LogP contribution in [0.4, 0.5) is 0 Å². The average molecular weight is 302 g/mol. The summed E-state index contributed by atoms with van der Waals surface area (Å²) >= 11 is 3.39. The van der Waals surface area contributed by atoms with Crippen molar-refractivity contribution in [3.63, 3.8) is 0 Å². The number of amidine groups is 1. The van der Waals surface area contributed by atoms with Gasteiger partial charge in [0.05, 0.1) is 18.8 Å². The standard InChI is InChI=1S/C15H14N2OS2/c1-9-8-19-14-10(9)3-2-4-11(14)13-12(7-18)20-15-16-5-6-17(13)15/h2-4,8,18H,5-7H2,1H3. The van der Waals surface area contributed by atoms with Gasteiger partial charge < -0.3 is 10.0 Å². The third-order valence-electron chi connectivity index (χ3n) is 3.74. The fourth-order valence-electron chi connectivity index (χ4n) is 2.81. The van der Waals surface area contributed by atoms with Gasteiger partial charge >= 0.3 is 0 Å². The Balaban J connectivity index is 1.96. The second-order valence-corrected chi connectivity index (χ2v) is 6.89. The molecule has 0 radical (unpaired) electrons. The molecule has 1 aromatic carbocycles. The van der Waals surface area contributed by atoms with E-state index in [4.69, 9.17) is 0 Å². The van der Waals surface area contributed by atoms with Crippen LogP contribution in [-0.4, -0.2) is 34.9 Å². The SMILES string of the molecule is Cc1csc2c(C3=C(CO)SC4=NCCN43)cccc12. The third kappa shape index (κ3) is 1.67. The highest BCUT2D eigenvalue weighted by molar-refractivity contribution is 8.17. The van der Waals surface area contributed by atoms with Crippen LogP contribution in [0.3, 0.4) is 0 Å². The fraction of sp³-hybridized carbons (Fsp3) is 0.267. The van der Waals surface area contributed by atoms with Crippen molar-refractivity contribution in [1.29, 1.82) is 0 Å². The molecule has 102 valence electrons. The number of aliphatic hydroxyl groups is 1. The Labute approximate surface area is 125 Å². The summed E-state index contributed by atoms with van der Waals surface area (Å²) in [5, 5.41) is 14.2. The molecule has 2 aliphatic rings. The summed E-state index contributed by atoms with van der Waals surface area (Å²) in [4.78, 5) is 7.78. The van der Waals surface area contributed by atoms with Gasteiger partial charge in [-0.3, -0.25) is 4.99 Å². The molecule has 0 atom stereocenters. The number of aliphatic hydroxyl groups excluding tert-OH is 1. The molecule has 0 unspecified atom stereocenters. The van der Waals surface area contributed by atoms with Crippen molar-refractivity contribution in [3.05, 3.63) is 39.6 Å². The van der Waals surface area contributed by atoms with Crippen LogP contribution in [0.1, 0.15) is 11.1 Å². The summed E-state index contributed by atoms with van der Waals surface area (Å²) in [5.74, 6) is 0. The van der Waals surface area contributed by atoms with E-state index in [2.05, 4.69) is 40.4 Å². The number of rotatable bonds is 2. The Morgan fingerprint density at radius 1 is 1.40 bits per heavy atom. The number of hydrogen-bond acceptors (Lipinski definition) is 5. The Morgan fingerprint density at radius 2 is 2.30 bits per heavy atom. The third-order valence-corrected chi connectivity index (χ3v) is 5.99. The first-order chi connectivity index (χ1) is 9.79. The number of fused-ring (bicyclic) bond motifs is 2. The van der Waals surface area contributed by atoms with Crippen molar-refractivity contribution in [2.45, 2.75) is 6.92 Å². The number of nitrogens with zero attached hydrogens (tertiary/aromatic N) is 2. The summed E-state index contributed by atoms with van der Waals surface area (Å²) in [7, 11) is 0. The second-order valence-electron chi connectivity index (χ2n) is 4.95. The lowest BCUT2D eigenvalue weighted by atomic mass is 10.1. The van der Waals surface area contributed by atoms with Gasteiger partial charge in [0, 0.05) is 21.7 Å². The van der Waals surface area contributed by atoms with E-state index in [0.29, 0.717) is 0 Å². The van der Waals surface area contributed by atoms with Crippen molar-refractivity contribution in [2.24, 2.45) is 4.99 Å². The van der Waals surface area contributed by atoms with Crippen molar-refractivity contribution in [3.8, 4) is 0 Å². The minimum atomic E-state index is 0.0796. The van der Waals surface area contributed by atoms with Gasteiger partial charge in [0.25, 0.3) is 0 Å². The maximum atomic E-state index is 9.67. The lowest BCUT2D eigenvalue weighted by Gasteiger charge is -2.18. The molecular formula is C15H14N2OS2. The molecule has 2 aromatic rings. The Hall–Kier alpha value is -1.30. The molecule has 1 N–H and O–H groups in total. The molecule has 3 heterocycles. The molecule has 0 amide bonds. The number of aliphatic imine (C=N–C) groups is 1. The Bertz CT molecular complexity index is 760. The highest BCUT2D eigenvalue weighted by atomic mass is 32.2. The summed E-state index contributed by atoms with van der Waals surface area (Å²) in [6.45, 7) is 4.00. The summed E-state index contributed by atoms with van der Waals surface area (Å²) in [5.41, 5.74) is 3.70. The van der Waals surface area contributed by atoms with E-state index in [1.807, 2.05) is 0 Å². The highest BCUT2D eigenvalue weighted by Gasteiger charge is 2.33. The minimum Gasteiger partial charge on any atom is -0.391 e. The van der Waals surface area contributed by atoms with Crippen molar-refractivity contribution < 1.29 is 5.11 Å². The molecule has 1 aromatic heterocycles. The number of thioether (sulfide) groups is 1. The van der Waals surface area contributed by atoms with E-state index in [9.17, 15) is 5.11 Å². The number of hydrogen-bond donors (Lipinski definition) is 1. The molecule has 0 bridgehead atoms. The summed E-state index contributed by atoms with van der Waals surface area (Å²) < 4.78 is 1.31. The van der Waals surface area contributed by atoms with Crippen LogP contribution >= 0.6 is 23.1 Å². The van der Waals surface area contributed by atoms with Gasteiger partial charge in [-0.2, -0.15) is 0 Å². The summed E-state index contributed by atoms with van der Waals surface area (Å²) in [6.07, 6.45) is 0. The predicted octanol–water partition coefficient (Wildman–Crippen LogP) is 3.29. The lowest BCUT2D eigenvalue weighted by Crippen LogP contribution is -2.20. The van der Waals surface area contributed by atoms with Crippen LogP contribution in [0.2, 0.25) is 0 Å². The van der Waals surface area contributed by atoms with Gasteiger partial charge in [-0.1, -0.05) is 30.0 Å². The molecular weight excluding hydrogens is 288 g/mol. The van der Waals surface area contributed by atoms with Crippen molar-refractivity contribution in [2.75, 3.05) is 19.7 Å². The van der Waals surface area contributed by atoms with E-state index in [1.54, 1.807) is 23.1 Å². The molecule has 0 spiro atoms. The molecule has 20 heavy (non-hydrogen) atoms. The number of aryl methyl sites for hydroxylation is 1. The molecule has 2 aliphatic heterocycles. The first-order valence-electron chi connectivity index (χ1n) is 6.60. The average Bonchev–Trinajstić information content (AvgIpc) is 3.13. The monoisotopic (exact) mass is 302 g/mol. The number of thiophene rings is 1. The maximum absolute atomic E-state index is 9.67. The molecule has 3 nitrogen and oxygen atoms in total. The lowest BCUT2D eigenvalue weighted by molar-refractivity contribution is 0.339. The first-order valence-corrected chi connectivity index (χ1v) is 8.30. The van der Waals surface area contributed by atoms with E-state index >= 15 is 0 Å². The molecule has 0 saturated heterocycles. The van der Waals surface area contributed by atoms with Crippen molar-refractivity contribution in [1.82, 2.24) is 4.90 Å². The van der Waals surface area contributed by atoms with Gasteiger partial charge in [0.15, 0.2) is 5.17 Å². The molecule has 0 fully saturated rings. The van der Waals surface area contributed by atoms with Gasteiger partial charge in [0.2, 0.25) is 0 Å². The van der Waals surface area contributed by atoms with Gasteiger partial charge in [-0.25, -0.2) is 0 Å². The zero-order valence-electron chi connectivity index (χ0n) is 11.1. The van der Waals surface area contributed by atoms with Gasteiger partial charge in [-0.15, -0.1) is 11.3 Å². The van der Waals surface area contributed by atoms with Crippen LogP contribution in [-0.2, 0) is 0 Å². The molecule has 0 saturated carbocycles. The quantitative estimate of drug-likeness (QED) is 0.924. The smallest absolute Gasteiger partial charge is 0.168 e. The topological polar surface area (TPSA) is 35.8 Å². The Kier molecular flexibility index (Phi) is 2.87. The first kappa shape index (κ1) is 12.4. The van der Waals surface area contributed by atoms with Gasteiger partial charge in [-0.05, 0) is 23.3 Å². The van der Waals surface area contributed by atoms with E-state index in [-0.39, 0.29) is 6.61 Å². The van der Waals surface area contributed by atoms with E-state index < -0.39 is 0 Å². The van der Waals surface area contributed by atoms with Crippen LogP contribution in [0, 0.1) is 6.92 Å². The summed E-state index contributed by atoms with van der Waals surface area (Å²) in [6, 6.07) is 6.44. The molecule has 5 heteroatoms. The minimum absolute atomic E-state index is 0.0796. The second kappa shape index (κ2) is 4.62. The van der Waals surface area contributed by atoms with Crippen LogP contribution in [0.5, 0.6) is 0 Å². The normalized spacial score (nSPS) is 18.1. The zero-order valence-corrected chi connectivity index (χ0v) is 12.7. The number of benzene rings is 1. The van der Waals surface area contributed by atoms with E-state index in [0.717, 1.165) is 28.9 Å². The van der Waals surface area contributed by atoms with Crippen LogP contribution < -0.4 is 0 Å². The largest absolute Gasteiger partial charge is 0.391 e. The maximum Gasteiger partial charge on any atom is 0.168 e.